The molecule has 17 heavy (non-hydrogen) atoms. The van der Waals surface area contributed by atoms with E-state index in [1.54, 1.807) is 0 Å². The Balaban J connectivity index is 2.81. The van der Waals surface area contributed by atoms with Gasteiger partial charge in [-0.05, 0) is 13.8 Å². The van der Waals surface area contributed by atoms with Gasteiger partial charge < -0.3 is 10.5 Å². The highest BCUT2D eigenvalue weighted by Crippen LogP contribution is 2.16. The summed E-state index contributed by atoms with van der Waals surface area (Å²) in [4.78, 5) is 0. The van der Waals surface area contributed by atoms with Crippen molar-refractivity contribution >= 4 is 10.2 Å². The van der Waals surface area contributed by atoms with Crippen LogP contribution in [0, 0.1) is 0 Å². The molecule has 102 valence electrons. The maximum Gasteiger partial charge on any atom is 0.282 e. The van der Waals surface area contributed by atoms with Crippen molar-refractivity contribution < 1.29 is 13.2 Å². The van der Waals surface area contributed by atoms with Gasteiger partial charge >= 0.3 is 0 Å². The van der Waals surface area contributed by atoms with Crippen LogP contribution in [-0.2, 0) is 14.9 Å². The molecule has 1 fully saturated rings. The maximum absolute atomic E-state index is 12.3. The molecule has 1 heterocycles. The molecule has 0 aromatic carbocycles. The zero-order chi connectivity index (χ0) is 13.1. The van der Waals surface area contributed by atoms with Crippen molar-refractivity contribution in [3.05, 3.63) is 0 Å². The number of nitrogens with zero attached hydrogens (tertiary/aromatic N) is 2. The Labute approximate surface area is 104 Å². The lowest BCUT2D eigenvalue weighted by Gasteiger charge is -2.37. The Morgan fingerprint density at radius 3 is 2.29 bits per heavy atom. The van der Waals surface area contributed by atoms with Gasteiger partial charge in [-0.2, -0.15) is 17.0 Å². The van der Waals surface area contributed by atoms with Crippen LogP contribution in [0.3, 0.4) is 0 Å². The summed E-state index contributed by atoms with van der Waals surface area (Å²) >= 11 is 0. The minimum Gasteiger partial charge on any atom is -0.373 e. The van der Waals surface area contributed by atoms with Gasteiger partial charge in [0.15, 0.2) is 0 Å². The first-order valence-electron chi connectivity index (χ1n) is 6.02. The van der Waals surface area contributed by atoms with Crippen LogP contribution in [0.4, 0.5) is 0 Å². The van der Waals surface area contributed by atoms with Crippen molar-refractivity contribution in [1.82, 2.24) is 8.61 Å². The van der Waals surface area contributed by atoms with E-state index in [-0.39, 0.29) is 12.2 Å². The topological polar surface area (TPSA) is 75.9 Å². The van der Waals surface area contributed by atoms with Crippen molar-refractivity contribution in [2.45, 2.75) is 33.0 Å². The van der Waals surface area contributed by atoms with Gasteiger partial charge in [0.25, 0.3) is 10.2 Å². The first-order chi connectivity index (χ1) is 7.91. The average molecular weight is 265 g/mol. The number of hydrogen-bond donors (Lipinski definition) is 1. The Kier molecular flexibility index (Phi) is 5.33. The molecule has 1 saturated heterocycles. The third-order valence-electron chi connectivity index (χ3n) is 2.77. The number of morpholine rings is 1. The molecule has 0 saturated carbocycles. The summed E-state index contributed by atoms with van der Waals surface area (Å²) in [6.45, 7) is 7.55. The van der Waals surface area contributed by atoms with Crippen LogP contribution in [0.2, 0.25) is 0 Å². The second-order valence-electron chi connectivity index (χ2n) is 4.36. The van der Waals surface area contributed by atoms with Gasteiger partial charge in [-0.1, -0.05) is 6.92 Å². The van der Waals surface area contributed by atoms with E-state index in [2.05, 4.69) is 0 Å². The highest BCUT2D eigenvalue weighted by molar-refractivity contribution is 7.86. The van der Waals surface area contributed by atoms with Gasteiger partial charge in [-0.25, -0.2) is 0 Å². The van der Waals surface area contributed by atoms with Gasteiger partial charge in [0.05, 0.1) is 12.2 Å². The predicted octanol–water partition coefficient (Wildman–Crippen LogP) is -0.379. The minimum absolute atomic E-state index is 0.0647. The minimum atomic E-state index is -3.40. The summed E-state index contributed by atoms with van der Waals surface area (Å²) in [6, 6.07) is 0. The zero-order valence-corrected chi connectivity index (χ0v) is 11.6. The summed E-state index contributed by atoms with van der Waals surface area (Å²) in [7, 11) is -3.40. The smallest absolute Gasteiger partial charge is 0.282 e. The van der Waals surface area contributed by atoms with E-state index in [1.165, 1.54) is 8.61 Å². The van der Waals surface area contributed by atoms with E-state index >= 15 is 0 Å². The highest BCUT2D eigenvalue weighted by Gasteiger charge is 2.34. The zero-order valence-electron chi connectivity index (χ0n) is 10.8. The lowest BCUT2D eigenvalue weighted by atomic mass is 10.3. The number of ether oxygens (including phenoxy) is 1. The SMILES string of the molecule is CCN(CCN)S(=O)(=O)N1CC(C)OC(C)C1. The molecule has 1 aliphatic rings. The van der Waals surface area contributed by atoms with E-state index in [0.717, 1.165) is 0 Å². The molecule has 0 spiro atoms. The molecule has 2 N–H and O–H groups in total. The van der Waals surface area contributed by atoms with Gasteiger partial charge in [0.2, 0.25) is 0 Å². The van der Waals surface area contributed by atoms with Gasteiger partial charge in [-0.15, -0.1) is 0 Å². The molecular formula is C10H23N3O3S. The predicted molar refractivity (Wildman–Crippen MR) is 66.8 cm³/mol. The second kappa shape index (κ2) is 6.10. The Hall–Kier alpha value is -0.210. The van der Waals surface area contributed by atoms with Crippen molar-refractivity contribution in [3.8, 4) is 0 Å². The molecule has 1 rings (SSSR count). The number of likely N-dealkylation sites (N-methyl/N-ethyl adjacent to an activating group) is 1. The van der Waals surface area contributed by atoms with Crippen molar-refractivity contribution in [3.63, 3.8) is 0 Å². The maximum atomic E-state index is 12.3. The van der Waals surface area contributed by atoms with E-state index in [0.29, 0.717) is 32.7 Å². The van der Waals surface area contributed by atoms with Crippen molar-refractivity contribution in [2.75, 3.05) is 32.7 Å². The first-order valence-corrected chi connectivity index (χ1v) is 7.42. The van der Waals surface area contributed by atoms with Crippen LogP contribution in [0.15, 0.2) is 0 Å². The molecule has 1 aliphatic heterocycles. The van der Waals surface area contributed by atoms with E-state index in [9.17, 15) is 8.42 Å². The van der Waals surface area contributed by atoms with Gasteiger partial charge in [-0.3, -0.25) is 0 Å². The number of nitrogens with two attached hydrogens (primary N) is 1. The molecule has 0 aliphatic carbocycles. The Morgan fingerprint density at radius 1 is 1.35 bits per heavy atom. The first kappa shape index (κ1) is 14.8. The molecule has 7 heteroatoms. The summed E-state index contributed by atoms with van der Waals surface area (Å²) in [6.07, 6.45) is -0.129. The molecule has 2 atom stereocenters. The third kappa shape index (κ3) is 3.62. The molecular weight excluding hydrogens is 242 g/mol. The highest BCUT2D eigenvalue weighted by atomic mass is 32.2. The van der Waals surface area contributed by atoms with Gasteiger partial charge in [0.1, 0.15) is 0 Å². The van der Waals surface area contributed by atoms with Crippen LogP contribution in [0.1, 0.15) is 20.8 Å². The van der Waals surface area contributed by atoms with E-state index < -0.39 is 10.2 Å². The van der Waals surface area contributed by atoms with Crippen LogP contribution in [-0.4, -0.2) is 62.0 Å². The van der Waals surface area contributed by atoms with Gasteiger partial charge in [0, 0.05) is 32.7 Å². The lowest BCUT2D eigenvalue weighted by Crippen LogP contribution is -2.53. The average Bonchev–Trinajstić information content (AvgIpc) is 2.24. The monoisotopic (exact) mass is 265 g/mol. The van der Waals surface area contributed by atoms with Crippen LogP contribution in [0.5, 0.6) is 0 Å². The van der Waals surface area contributed by atoms with Crippen LogP contribution < -0.4 is 5.73 Å². The molecule has 0 amide bonds. The Bertz CT molecular complexity index is 324. The van der Waals surface area contributed by atoms with E-state index in [4.69, 9.17) is 10.5 Å². The van der Waals surface area contributed by atoms with Crippen LogP contribution in [0.25, 0.3) is 0 Å². The second-order valence-corrected chi connectivity index (χ2v) is 6.29. The molecule has 0 aromatic rings. The standard InChI is InChI=1S/C10H23N3O3S/c1-4-12(6-5-11)17(14,15)13-7-9(2)16-10(3)8-13/h9-10H,4-8,11H2,1-3H3. The van der Waals surface area contributed by atoms with Crippen molar-refractivity contribution in [2.24, 2.45) is 5.73 Å². The molecule has 0 aromatic heterocycles. The van der Waals surface area contributed by atoms with E-state index in [1.807, 2.05) is 20.8 Å². The number of hydrogen-bond acceptors (Lipinski definition) is 4. The van der Waals surface area contributed by atoms with Crippen LogP contribution >= 0.6 is 0 Å². The summed E-state index contributed by atoms with van der Waals surface area (Å²) in [5, 5.41) is 0. The normalized spacial score (nSPS) is 27.6. The largest absolute Gasteiger partial charge is 0.373 e. The summed E-state index contributed by atoms with van der Waals surface area (Å²) in [5.74, 6) is 0. The Morgan fingerprint density at radius 2 is 1.88 bits per heavy atom. The fourth-order valence-electron chi connectivity index (χ4n) is 2.06. The summed E-state index contributed by atoms with van der Waals surface area (Å²) in [5.41, 5.74) is 5.44. The number of rotatable bonds is 5. The lowest BCUT2D eigenvalue weighted by molar-refractivity contribution is -0.0454. The molecule has 2 unspecified atom stereocenters. The summed E-state index contributed by atoms with van der Waals surface area (Å²) < 4.78 is 33.1. The fourth-order valence-corrected chi connectivity index (χ4v) is 3.85. The quantitative estimate of drug-likeness (QED) is 0.735. The molecule has 0 radical (unpaired) electrons. The third-order valence-corrected chi connectivity index (χ3v) is 4.81. The fraction of sp³-hybridized carbons (Fsp3) is 1.00. The molecule has 0 bridgehead atoms. The molecule has 6 nitrogen and oxygen atoms in total. The van der Waals surface area contributed by atoms with Crippen molar-refractivity contribution in [1.29, 1.82) is 0 Å².